The zero-order chi connectivity index (χ0) is 25.6. The summed E-state index contributed by atoms with van der Waals surface area (Å²) in [6.07, 6.45) is 6.15. The first kappa shape index (κ1) is 25.9. The van der Waals surface area contributed by atoms with Crippen molar-refractivity contribution in [2.45, 2.75) is 64.5 Å². The van der Waals surface area contributed by atoms with E-state index < -0.39 is 41.4 Å². The average Bonchev–Trinajstić information content (AvgIpc) is 3.02. The summed E-state index contributed by atoms with van der Waals surface area (Å²) in [6, 6.07) is 4.02. The van der Waals surface area contributed by atoms with E-state index in [0.717, 1.165) is 24.2 Å². The average molecular weight is 485 g/mol. The van der Waals surface area contributed by atoms with Crippen LogP contribution in [0.5, 0.6) is 0 Å². The topological polar surface area (TPSA) is 134 Å². The molecule has 5 amide bonds. The van der Waals surface area contributed by atoms with Gasteiger partial charge >= 0.3 is 6.09 Å². The van der Waals surface area contributed by atoms with Crippen molar-refractivity contribution in [1.29, 1.82) is 0 Å². The number of fused-ring (bicyclic) bond motifs is 1. The van der Waals surface area contributed by atoms with Crippen molar-refractivity contribution in [1.82, 2.24) is 15.5 Å². The fourth-order valence-electron chi connectivity index (χ4n) is 3.93. The normalized spacial score (nSPS) is 18.0. The summed E-state index contributed by atoms with van der Waals surface area (Å²) in [5.41, 5.74) is 0.536. The number of allylic oxidation sites excluding steroid dienone is 1. The lowest BCUT2D eigenvalue weighted by Gasteiger charge is -2.27. The highest BCUT2D eigenvalue weighted by atomic mass is 16.6. The van der Waals surface area contributed by atoms with E-state index in [9.17, 15) is 24.0 Å². The van der Waals surface area contributed by atoms with Crippen LogP contribution in [0, 0.1) is 0 Å². The Labute approximate surface area is 204 Å². The van der Waals surface area contributed by atoms with Crippen molar-refractivity contribution in [2.75, 3.05) is 18.4 Å². The molecular formula is C25H32N4O6. The highest BCUT2D eigenvalue weighted by Gasteiger charge is 2.45. The number of hydrogen-bond acceptors (Lipinski definition) is 7. The Morgan fingerprint density at radius 1 is 1.14 bits per heavy atom. The summed E-state index contributed by atoms with van der Waals surface area (Å²) < 4.78 is 5.16. The molecular weight excluding hydrogens is 452 g/mol. The third-order valence-corrected chi connectivity index (χ3v) is 5.51. The summed E-state index contributed by atoms with van der Waals surface area (Å²) in [4.78, 5) is 62.1. The van der Waals surface area contributed by atoms with E-state index in [-0.39, 0.29) is 24.0 Å². The highest BCUT2D eigenvalue weighted by Crippen LogP contribution is 2.32. The van der Waals surface area contributed by atoms with Gasteiger partial charge in [0, 0.05) is 25.2 Å². The van der Waals surface area contributed by atoms with Crippen LogP contribution in [0.2, 0.25) is 0 Å². The minimum Gasteiger partial charge on any atom is -0.444 e. The number of carbonyl (C=O) groups is 5. The Morgan fingerprint density at radius 2 is 1.91 bits per heavy atom. The first-order valence-corrected chi connectivity index (χ1v) is 11.8. The lowest BCUT2D eigenvalue weighted by molar-refractivity contribution is -0.136. The van der Waals surface area contributed by atoms with E-state index in [0.29, 0.717) is 18.8 Å². The van der Waals surface area contributed by atoms with Gasteiger partial charge in [-0.3, -0.25) is 29.4 Å². The first-order chi connectivity index (χ1) is 16.6. The number of carbonyl (C=O) groups excluding carboxylic acids is 5. The first-order valence-electron chi connectivity index (χ1n) is 11.8. The standard InChI is InChI=1S/C25H32N4O6/c1-25(2,3)35-24(34)27-15-8-6-4-5-7-14-26-17-11-9-10-16-20(17)23(33)29(22(16)32)18-12-13-19(30)28-21(18)31/h6,8-11,18,26H,4-5,7,12-15H2,1-3H3,(H,27,34)(H,28,30,31)/b8-6+. The molecule has 3 rings (SSSR count). The van der Waals surface area contributed by atoms with Crippen LogP contribution in [0.4, 0.5) is 10.5 Å². The molecule has 1 aromatic carbocycles. The number of hydrogen-bond donors (Lipinski definition) is 3. The molecule has 10 nitrogen and oxygen atoms in total. The van der Waals surface area contributed by atoms with Gasteiger partial charge in [-0.15, -0.1) is 0 Å². The maximum absolute atomic E-state index is 13.1. The van der Waals surface area contributed by atoms with Gasteiger partial charge in [-0.1, -0.05) is 18.2 Å². The molecule has 10 heteroatoms. The minimum absolute atomic E-state index is 0.0838. The second-order valence-electron chi connectivity index (χ2n) is 9.45. The molecule has 35 heavy (non-hydrogen) atoms. The summed E-state index contributed by atoms with van der Waals surface area (Å²) >= 11 is 0. The molecule has 1 fully saturated rings. The van der Waals surface area contributed by atoms with Gasteiger partial charge in [-0.05, 0) is 58.6 Å². The van der Waals surface area contributed by atoms with Gasteiger partial charge in [0.25, 0.3) is 11.8 Å². The monoisotopic (exact) mass is 484 g/mol. The molecule has 0 saturated carbocycles. The van der Waals surface area contributed by atoms with Gasteiger partial charge in [0.2, 0.25) is 11.8 Å². The van der Waals surface area contributed by atoms with Crippen molar-refractivity contribution in [3.05, 3.63) is 41.5 Å². The molecule has 0 aliphatic carbocycles. The van der Waals surface area contributed by atoms with E-state index in [1.807, 2.05) is 32.9 Å². The number of nitrogens with one attached hydrogen (secondary N) is 3. The molecule has 1 saturated heterocycles. The number of ether oxygens (including phenoxy) is 1. The van der Waals surface area contributed by atoms with Crippen molar-refractivity contribution < 1.29 is 28.7 Å². The second kappa shape index (κ2) is 11.2. The van der Waals surface area contributed by atoms with Crippen molar-refractivity contribution >= 4 is 35.4 Å². The zero-order valence-corrected chi connectivity index (χ0v) is 20.3. The van der Waals surface area contributed by atoms with E-state index in [1.54, 1.807) is 18.2 Å². The number of piperidine rings is 1. The van der Waals surface area contributed by atoms with E-state index >= 15 is 0 Å². The molecule has 1 aromatic rings. The van der Waals surface area contributed by atoms with E-state index in [1.165, 1.54) is 0 Å². The minimum atomic E-state index is -0.982. The Kier molecular flexibility index (Phi) is 8.26. The van der Waals surface area contributed by atoms with Gasteiger partial charge < -0.3 is 15.4 Å². The maximum Gasteiger partial charge on any atom is 0.407 e. The summed E-state index contributed by atoms with van der Waals surface area (Å²) in [7, 11) is 0. The lowest BCUT2D eigenvalue weighted by Crippen LogP contribution is -2.54. The molecule has 0 radical (unpaired) electrons. The van der Waals surface area contributed by atoms with Crippen LogP contribution < -0.4 is 16.0 Å². The molecule has 0 spiro atoms. The van der Waals surface area contributed by atoms with Gasteiger partial charge in [-0.25, -0.2) is 4.79 Å². The second-order valence-corrected chi connectivity index (χ2v) is 9.45. The molecule has 2 heterocycles. The van der Waals surface area contributed by atoms with Gasteiger partial charge in [0.15, 0.2) is 0 Å². The third-order valence-electron chi connectivity index (χ3n) is 5.51. The number of rotatable bonds is 9. The fourth-order valence-corrected chi connectivity index (χ4v) is 3.93. The quantitative estimate of drug-likeness (QED) is 0.279. The molecule has 2 aliphatic heterocycles. The van der Waals surface area contributed by atoms with Crippen LogP contribution in [-0.4, -0.2) is 59.4 Å². The summed E-state index contributed by atoms with van der Waals surface area (Å²) in [5, 5.41) is 8.08. The Bertz CT molecular complexity index is 1040. The molecule has 2 aliphatic rings. The highest BCUT2D eigenvalue weighted by molar-refractivity contribution is 6.25. The number of imide groups is 2. The predicted octanol–water partition coefficient (Wildman–Crippen LogP) is 2.75. The third kappa shape index (κ3) is 6.68. The number of amides is 5. The molecule has 3 N–H and O–H groups in total. The molecule has 188 valence electrons. The lowest BCUT2D eigenvalue weighted by atomic mass is 10.0. The maximum atomic E-state index is 13.1. The Morgan fingerprint density at radius 3 is 2.63 bits per heavy atom. The molecule has 0 aromatic heterocycles. The van der Waals surface area contributed by atoms with Crippen LogP contribution in [0.3, 0.4) is 0 Å². The van der Waals surface area contributed by atoms with Crippen LogP contribution >= 0.6 is 0 Å². The van der Waals surface area contributed by atoms with Crippen molar-refractivity contribution in [2.24, 2.45) is 0 Å². The van der Waals surface area contributed by atoms with Crippen LogP contribution in [0.15, 0.2) is 30.4 Å². The number of benzene rings is 1. The predicted molar refractivity (Wildman–Crippen MR) is 129 cm³/mol. The summed E-state index contributed by atoms with van der Waals surface area (Å²) in [5.74, 6) is -2.07. The van der Waals surface area contributed by atoms with Gasteiger partial charge in [0.05, 0.1) is 11.1 Å². The summed E-state index contributed by atoms with van der Waals surface area (Å²) in [6.45, 7) is 6.41. The Hall–Kier alpha value is -3.69. The van der Waals surface area contributed by atoms with Crippen LogP contribution in [0.1, 0.15) is 73.6 Å². The Balaban J connectivity index is 1.45. The van der Waals surface area contributed by atoms with Crippen molar-refractivity contribution in [3.8, 4) is 0 Å². The van der Waals surface area contributed by atoms with Gasteiger partial charge in [-0.2, -0.15) is 0 Å². The number of anilines is 1. The largest absolute Gasteiger partial charge is 0.444 e. The number of unbranched alkanes of at least 4 members (excludes halogenated alkanes) is 2. The number of alkyl carbamates (subject to hydrolysis) is 1. The smallest absolute Gasteiger partial charge is 0.407 e. The zero-order valence-electron chi connectivity index (χ0n) is 20.3. The molecule has 0 bridgehead atoms. The van der Waals surface area contributed by atoms with Crippen molar-refractivity contribution in [3.63, 3.8) is 0 Å². The van der Waals surface area contributed by atoms with Gasteiger partial charge in [0.1, 0.15) is 11.6 Å². The molecule has 1 atom stereocenters. The number of nitrogens with zero attached hydrogens (tertiary/aromatic N) is 1. The van der Waals surface area contributed by atoms with Crippen LogP contribution in [0.25, 0.3) is 0 Å². The fraction of sp³-hybridized carbons (Fsp3) is 0.480. The van der Waals surface area contributed by atoms with E-state index in [2.05, 4.69) is 16.0 Å². The van der Waals surface area contributed by atoms with E-state index in [4.69, 9.17) is 4.74 Å². The van der Waals surface area contributed by atoms with Crippen LogP contribution in [-0.2, 0) is 14.3 Å². The molecule has 1 unspecified atom stereocenters. The SMILES string of the molecule is CC(C)(C)OC(=O)NC/C=C/CCCCNc1cccc2c1C(=O)N(C1CCC(=O)NC1=O)C2=O.